The maximum atomic E-state index is 4.31. The van der Waals surface area contributed by atoms with Gasteiger partial charge in [0.15, 0.2) is 11.8 Å². The SMILES string of the molecule is CN=C(NCc1nnc(C)n1C)NC(C)CCC1CCCCC1. The van der Waals surface area contributed by atoms with E-state index in [4.69, 9.17) is 0 Å². The van der Waals surface area contributed by atoms with Crippen molar-refractivity contribution in [1.29, 1.82) is 0 Å². The summed E-state index contributed by atoms with van der Waals surface area (Å²) in [5.41, 5.74) is 0. The Morgan fingerprint density at radius 1 is 1.30 bits per heavy atom. The average molecular weight is 320 g/mol. The fraction of sp³-hybridized carbons (Fsp3) is 0.824. The fourth-order valence-electron chi connectivity index (χ4n) is 3.23. The maximum Gasteiger partial charge on any atom is 0.191 e. The number of hydrogen-bond acceptors (Lipinski definition) is 3. The van der Waals surface area contributed by atoms with Gasteiger partial charge in [-0.25, -0.2) is 0 Å². The third kappa shape index (κ3) is 5.52. The van der Waals surface area contributed by atoms with Gasteiger partial charge in [0.2, 0.25) is 0 Å². The van der Waals surface area contributed by atoms with Crippen LogP contribution in [-0.4, -0.2) is 33.8 Å². The monoisotopic (exact) mass is 320 g/mol. The van der Waals surface area contributed by atoms with E-state index >= 15 is 0 Å². The zero-order chi connectivity index (χ0) is 16.7. The quantitative estimate of drug-likeness (QED) is 0.624. The summed E-state index contributed by atoms with van der Waals surface area (Å²) in [7, 11) is 3.79. The van der Waals surface area contributed by atoms with E-state index in [9.17, 15) is 0 Å². The van der Waals surface area contributed by atoms with E-state index < -0.39 is 0 Å². The smallest absolute Gasteiger partial charge is 0.191 e. The van der Waals surface area contributed by atoms with Gasteiger partial charge in [-0.3, -0.25) is 4.99 Å². The zero-order valence-corrected chi connectivity index (χ0v) is 15.1. The van der Waals surface area contributed by atoms with Crippen LogP contribution in [0.25, 0.3) is 0 Å². The second kappa shape index (κ2) is 8.89. The van der Waals surface area contributed by atoms with Gasteiger partial charge in [0.1, 0.15) is 5.82 Å². The lowest BCUT2D eigenvalue weighted by atomic mass is 9.85. The fourth-order valence-corrected chi connectivity index (χ4v) is 3.23. The first-order valence-corrected chi connectivity index (χ1v) is 8.92. The van der Waals surface area contributed by atoms with Crippen molar-refractivity contribution in [2.75, 3.05) is 7.05 Å². The Hall–Kier alpha value is -1.59. The predicted molar refractivity (Wildman–Crippen MR) is 94.3 cm³/mol. The van der Waals surface area contributed by atoms with Gasteiger partial charge in [-0.1, -0.05) is 32.1 Å². The summed E-state index contributed by atoms with van der Waals surface area (Å²) in [5.74, 6) is 3.61. The van der Waals surface area contributed by atoms with Crippen molar-refractivity contribution in [3.63, 3.8) is 0 Å². The third-order valence-electron chi connectivity index (χ3n) is 4.94. The molecule has 1 aromatic heterocycles. The molecule has 1 aromatic rings. The van der Waals surface area contributed by atoms with Crippen molar-refractivity contribution in [3.8, 4) is 0 Å². The summed E-state index contributed by atoms with van der Waals surface area (Å²) in [4.78, 5) is 4.31. The summed E-state index contributed by atoms with van der Waals surface area (Å²) < 4.78 is 1.99. The standard InChI is InChI=1S/C17H32N6/c1-13(10-11-15-8-6-5-7-9-15)20-17(18-3)19-12-16-22-21-14(2)23(16)4/h13,15H,5-12H2,1-4H3,(H2,18,19,20). The number of guanidine groups is 1. The molecule has 0 aromatic carbocycles. The molecule has 2 N–H and O–H groups in total. The van der Waals surface area contributed by atoms with Gasteiger partial charge in [0, 0.05) is 20.1 Å². The van der Waals surface area contributed by atoms with E-state index in [-0.39, 0.29) is 0 Å². The van der Waals surface area contributed by atoms with Gasteiger partial charge in [0.05, 0.1) is 6.54 Å². The molecule has 1 saturated carbocycles. The van der Waals surface area contributed by atoms with Crippen molar-refractivity contribution in [1.82, 2.24) is 25.4 Å². The van der Waals surface area contributed by atoms with Gasteiger partial charge < -0.3 is 15.2 Å². The first-order valence-electron chi connectivity index (χ1n) is 8.92. The number of nitrogens with zero attached hydrogens (tertiary/aromatic N) is 4. The summed E-state index contributed by atoms with van der Waals surface area (Å²) in [6.45, 7) is 4.82. The van der Waals surface area contributed by atoms with Crippen molar-refractivity contribution < 1.29 is 0 Å². The Balaban J connectivity index is 1.72. The van der Waals surface area contributed by atoms with E-state index in [1.54, 1.807) is 0 Å². The minimum Gasteiger partial charge on any atom is -0.354 e. The number of aromatic nitrogens is 3. The van der Waals surface area contributed by atoms with Crippen LogP contribution in [0.3, 0.4) is 0 Å². The molecular weight excluding hydrogens is 288 g/mol. The predicted octanol–water partition coefficient (Wildman–Crippen LogP) is 2.54. The Morgan fingerprint density at radius 2 is 2.04 bits per heavy atom. The highest BCUT2D eigenvalue weighted by atomic mass is 15.3. The molecule has 1 atom stereocenters. The minimum absolute atomic E-state index is 0.435. The molecule has 6 nitrogen and oxygen atoms in total. The Bertz CT molecular complexity index is 501. The average Bonchev–Trinajstić information content (AvgIpc) is 2.89. The van der Waals surface area contributed by atoms with Crippen molar-refractivity contribution in [2.45, 2.75) is 71.4 Å². The molecule has 1 heterocycles. The Kier molecular flexibility index (Phi) is 6.86. The lowest BCUT2D eigenvalue weighted by Crippen LogP contribution is -2.42. The van der Waals surface area contributed by atoms with Crippen molar-refractivity contribution in [2.24, 2.45) is 18.0 Å². The summed E-state index contributed by atoms with van der Waals surface area (Å²) in [6.07, 6.45) is 9.65. The van der Waals surface area contributed by atoms with Gasteiger partial charge in [-0.15, -0.1) is 10.2 Å². The molecule has 23 heavy (non-hydrogen) atoms. The van der Waals surface area contributed by atoms with Crippen LogP contribution in [0.15, 0.2) is 4.99 Å². The van der Waals surface area contributed by atoms with Crippen LogP contribution in [0.5, 0.6) is 0 Å². The third-order valence-corrected chi connectivity index (χ3v) is 4.94. The minimum atomic E-state index is 0.435. The first-order chi connectivity index (χ1) is 11.1. The molecule has 6 heteroatoms. The van der Waals surface area contributed by atoms with Crippen LogP contribution in [0.2, 0.25) is 0 Å². The Labute approximate surface area is 140 Å². The zero-order valence-electron chi connectivity index (χ0n) is 15.1. The lowest BCUT2D eigenvalue weighted by Gasteiger charge is -2.24. The largest absolute Gasteiger partial charge is 0.354 e. The van der Waals surface area contributed by atoms with Crippen LogP contribution >= 0.6 is 0 Å². The summed E-state index contributed by atoms with van der Waals surface area (Å²) >= 11 is 0. The molecule has 0 bridgehead atoms. The second-order valence-corrected chi connectivity index (χ2v) is 6.77. The van der Waals surface area contributed by atoms with E-state index in [0.29, 0.717) is 12.6 Å². The molecule has 1 aliphatic rings. The van der Waals surface area contributed by atoms with Crippen molar-refractivity contribution in [3.05, 3.63) is 11.6 Å². The van der Waals surface area contributed by atoms with Crippen LogP contribution in [0.1, 0.15) is 63.5 Å². The van der Waals surface area contributed by atoms with Gasteiger partial charge in [-0.2, -0.15) is 0 Å². The highest BCUT2D eigenvalue weighted by Crippen LogP contribution is 2.27. The molecule has 2 rings (SSSR count). The summed E-state index contributed by atoms with van der Waals surface area (Å²) in [6, 6.07) is 0.435. The molecule has 1 fully saturated rings. The molecule has 0 amide bonds. The van der Waals surface area contributed by atoms with Gasteiger partial charge in [0.25, 0.3) is 0 Å². The van der Waals surface area contributed by atoms with E-state index in [1.807, 2.05) is 25.6 Å². The number of aliphatic imine (C=N–C) groups is 1. The normalized spacial score (nSPS) is 18.0. The maximum absolute atomic E-state index is 4.31. The summed E-state index contributed by atoms with van der Waals surface area (Å²) in [5, 5.41) is 15.0. The topological polar surface area (TPSA) is 67.1 Å². The van der Waals surface area contributed by atoms with Crippen molar-refractivity contribution >= 4 is 5.96 Å². The molecule has 0 saturated heterocycles. The highest BCUT2D eigenvalue weighted by Gasteiger charge is 2.15. The van der Waals surface area contributed by atoms with Gasteiger partial charge in [-0.05, 0) is 32.6 Å². The van der Waals surface area contributed by atoms with Crippen LogP contribution in [0.4, 0.5) is 0 Å². The first kappa shape index (κ1) is 17.8. The Morgan fingerprint density at radius 3 is 2.65 bits per heavy atom. The molecule has 130 valence electrons. The van der Waals surface area contributed by atoms with Crippen LogP contribution in [0, 0.1) is 12.8 Å². The lowest BCUT2D eigenvalue weighted by molar-refractivity contribution is 0.322. The number of rotatable bonds is 6. The molecule has 1 aliphatic carbocycles. The molecular formula is C17H32N6. The van der Waals surface area contributed by atoms with E-state index in [1.165, 1.54) is 44.9 Å². The van der Waals surface area contributed by atoms with E-state index in [0.717, 1.165) is 23.5 Å². The van der Waals surface area contributed by atoms with Gasteiger partial charge >= 0.3 is 0 Å². The molecule has 1 unspecified atom stereocenters. The molecule has 0 aliphatic heterocycles. The van der Waals surface area contributed by atoms with E-state index in [2.05, 4.69) is 32.7 Å². The second-order valence-electron chi connectivity index (χ2n) is 6.77. The molecule has 0 spiro atoms. The van der Waals surface area contributed by atoms with Crippen LogP contribution in [-0.2, 0) is 13.6 Å². The number of hydrogen-bond donors (Lipinski definition) is 2. The highest BCUT2D eigenvalue weighted by molar-refractivity contribution is 5.79. The number of aryl methyl sites for hydroxylation is 1. The van der Waals surface area contributed by atoms with Crippen LogP contribution < -0.4 is 10.6 Å². The number of nitrogens with one attached hydrogen (secondary N) is 2. The molecule has 0 radical (unpaired) electrons.